The van der Waals surface area contributed by atoms with Crippen LogP contribution >= 0.6 is 0 Å². The van der Waals surface area contributed by atoms with Crippen molar-refractivity contribution >= 4 is 5.91 Å². The molecule has 0 spiro atoms. The molecular formula is C16H28N2O. The first kappa shape index (κ1) is 13.4. The molecule has 0 bridgehead atoms. The maximum atomic E-state index is 13.1. The summed E-state index contributed by atoms with van der Waals surface area (Å²) in [6.45, 7) is 5.12. The van der Waals surface area contributed by atoms with E-state index in [-0.39, 0.29) is 5.41 Å². The van der Waals surface area contributed by atoms with Crippen LogP contribution in [0.15, 0.2) is 0 Å². The van der Waals surface area contributed by atoms with E-state index in [4.69, 9.17) is 0 Å². The van der Waals surface area contributed by atoms with Crippen LogP contribution in [0, 0.1) is 11.3 Å². The van der Waals surface area contributed by atoms with Gasteiger partial charge in [0.1, 0.15) is 0 Å². The van der Waals surface area contributed by atoms with E-state index in [9.17, 15) is 4.79 Å². The molecule has 2 saturated heterocycles. The van der Waals surface area contributed by atoms with Gasteiger partial charge < -0.3 is 10.2 Å². The fraction of sp³-hybridized carbons (Fsp3) is 0.938. The minimum Gasteiger partial charge on any atom is -0.339 e. The number of nitrogens with one attached hydrogen (secondary N) is 1. The van der Waals surface area contributed by atoms with Gasteiger partial charge in [-0.05, 0) is 51.0 Å². The lowest BCUT2D eigenvalue weighted by Crippen LogP contribution is -2.48. The molecule has 108 valence electrons. The highest BCUT2D eigenvalue weighted by molar-refractivity contribution is 5.84. The SMILES string of the molecule is CCC1(C(=O)N2CCCC2C2CCCC2)CCNC1. The molecule has 1 saturated carbocycles. The van der Waals surface area contributed by atoms with Crippen LogP contribution in [0.1, 0.15) is 58.3 Å². The van der Waals surface area contributed by atoms with Gasteiger partial charge in [-0.3, -0.25) is 4.79 Å². The lowest BCUT2D eigenvalue weighted by molar-refractivity contribution is -0.143. The highest BCUT2D eigenvalue weighted by atomic mass is 16.2. The predicted octanol–water partition coefficient (Wildman–Crippen LogP) is 2.56. The first-order valence-electron chi connectivity index (χ1n) is 8.29. The second-order valence-corrected chi connectivity index (χ2v) is 6.81. The van der Waals surface area contributed by atoms with E-state index in [2.05, 4.69) is 17.1 Å². The Morgan fingerprint density at radius 1 is 1.26 bits per heavy atom. The molecule has 3 nitrogen and oxygen atoms in total. The molecule has 0 aromatic rings. The van der Waals surface area contributed by atoms with Crippen LogP contribution in [-0.4, -0.2) is 36.5 Å². The van der Waals surface area contributed by atoms with Crippen molar-refractivity contribution in [2.24, 2.45) is 11.3 Å². The molecule has 0 aromatic carbocycles. The van der Waals surface area contributed by atoms with Gasteiger partial charge in [0.15, 0.2) is 0 Å². The largest absolute Gasteiger partial charge is 0.339 e. The van der Waals surface area contributed by atoms with Gasteiger partial charge in [-0.2, -0.15) is 0 Å². The summed E-state index contributed by atoms with van der Waals surface area (Å²) in [4.78, 5) is 15.3. The number of nitrogens with zero attached hydrogens (tertiary/aromatic N) is 1. The second-order valence-electron chi connectivity index (χ2n) is 6.81. The van der Waals surface area contributed by atoms with Crippen molar-refractivity contribution in [2.45, 2.75) is 64.3 Å². The third-order valence-corrected chi connectivity index (χ3v) is 5.88. The summed E-state index contributed by atoms with van der Waals surface area (Å²) < 4.78 is 0. The fourth-order valence-corrected chi connectivity index (χ4v) is 4.56. The number of hydrogen-bond donors (Lipinski definition) is 1. The van der Waals surface area contributed by atoms with Crippen molar-refractivity contribution in [3.8, 4) is 0 Å². The normalized spacial score (nSPS) is 36.3. The topological polar surface area (TPSA) is 32.3 Å². The predicted molar refractivity (Wildman–Crippen MR) is 76.9 cm³/mol. The molecule has 1 amide bonds. The number of amides is 1. The van der Waals surface area contributed by atoms with E-state index in [0.717, 1.165) is 38.4 Å². The average Bonchev–Trinajstić information content (AvgIpc) is 3.17. The molecule has 2 unspecified atom stereocenters. The van der Waals surface area contributed by atoms with E-state index < -0.39 is 0 Å². The monoisotopic (exact) mass is 264 g/mol. The van der Waals surface area contributed by atoms with E-state index in [1.807, 2.05) is 0 Å². The van der Waals surface area contributed by atoms with Crippen LogP contribution in [-0.2, 0) is 4.79 Å². The molecular weight excluding hydrogens is 236 g/mol. The Balaban J connectivity index is 1.74. The van der Waals surface area contributed by atoms with E-state index in [1.165, 1.54) is 38.5 Å². The van der Waals surface area contributed by atoms with Crippen LogP contribution in [0.5, 0.6) is 0 Å². The zero-order chi connectivity index (χ0) is 13.3. The summed E-state index contributed by atoms with van der Waals surface area (Å²) in [5, 5.41) is 3.41. The number of carbonyl (C=O) groups excluding carboxylic acids is 1. The minimum atomic E-state index is -0.0821. The standard InChI is InChI=1S/C16H28N2O/c1-2-16(9-10-17-12-16)15(19)18-11-5-8-14(18)13-6-3-4-7-13/h13-14,17H,2-12H2,1H3. The van der Waals surface area contributed by atoms with Crippen LogP contribution in [0.3, 0.4) is 0 Å². The van der Waals surface area contributed by atoms with Crippen molar-refractivity contribution in [2.75, 3.05) is 19.6 Å². The van der Waals surface area contributed by atoms with Crippen molar-refractivity contribution in [3.63, 3.8) is 0 Å². The molecule has 3 heteroatoms. The Kier molecular flexibility index (Phi) is 3.84. The summed E-state index contributed by atoms with van der Waals surface area (Å²) in [5.74, 6) is 1.27. The van der Waals surface area contributed by atoms with E-state index >= 15 is 0 Å². The summed E-state index contributed by atoms with van der Waals surface area (Å²) in [6, 6.07) is 0.569. The highest BCUT2D eigenvalue weighted by Crippen LogP contribution is 2.39. The Hall–Kier alpha value is -0.570. The molecule has 19 heavy (non-hydrogen) atoms. The Morgan fingerprint density at radius 2 is 2.05 bits per heavy atom. The summed E-state index contributed by atoms with van der Waals surface area (Å²) in [5.41, 5.74) is -0.0821. The van der Waals surface area contributed by atoms with Crippen molar-refractivity contribution in [1.82, 2.24) is 10.2 Å². The molecule has 0 radical (unpaired) electrons. The van der Waals surface area contributed by atoms with E-state index in [1.54, 1.807) is 0 Å². The smallest absolute Gasteiger partial charge is 0.230 e. The number of hydrogen-bond acceptors (Lipinski definition) is 2. The first-order chi connectivity index (χ1) is 9.27. The summed E-state index contributed by atoms with van der Waals surface area (Å²) in [6.07, 6.45) is 9.97. The first-order valence-corrected chi connectivity index (χ1v) is 8.29. The maximum Gasteiger partial charge on any atom is 0.230 e. The Morgan fingerprint density at radius 3 is 2.68 bits per heavy atom. The third kappa shape index (κ3) is 2.31. The minimum absolute atomic E-state index is 0.0821. The molecule has 3 rings (SSSR count). The maximum absolute atomic E-state index is 13.1. The molecule has 3 fully saturated rings. The van der Waals surface area contributed by atoms with Crippen LogP contribution in [0.2, 0.25) is 0 Å². The van der Waals surface area contributed by atoms with Crippen LogP contribution < -0.4 is 5.32 Å². The fourth-order valence-electron chi connectivity index (χ4n) is 4.56. The van der Waals surface area contributed by atoms with Gasteiger partial charge in [0.25, 0.3) is 0 Å². The third-order valence-electron chi connectivity index (χ3n) is 5.88. The van der Waals surface area contributed by atoms with Gasteiger partial charge >= 0.3 is 0 Å². The molecule has 2 heterocycles. The van der Waals surface area contributed by atoms with Gasteiger partial charge in [0.2, 0.25) is 5.91 Å². The lowest BCUT2D eigenvalue weighted by atomic mass is 9.82. The zero-order valence-corrected chi connectivity index (χ0v) is 12.3. The van der Waals surface area contributed by atoms with Gasteiger partial charge in [-0.15, -0.1) is 0 Å². The molecule has 3 aliphatic rings. The van der Waals surface area contributed by atoms with Gasteiger partial charge in [-0.25, -0.2) is 0 Å². The lowest BCUT2D eigenvalue weighted by Gasteiger charge is -2.36. The van der Waals surface area contributed by atoms with E-state index in [0.29, 0.717) is 11.9 Å². The molecule has 1 aliphatic carbocycles. The van der Waals surface area contributed by atoms with Gasteiger partial charge in [0, 0.05) is 19.1 Å². The van der Waals surface area contributed by atoms with Gasteiger partial charge in [0.05, 0.1) is 5.41 Å². The van der Waals surface area contributed by atoms with Crippen molar-refractivity contribution in [3.05, 3.63) is 0 Å². The van der Waals surface area contributed by atoms with Crippen molar-refractivity contribution in [1.29, 1.82) is 0 Å². The molecule has 2 aliphatic heterocycles. The number of rotatable bonds is 3. The average molecular weight is 264 g/mol. The highest BCUT2D eigenvalue weighted by Gasteiger charge is 2.46. The van der Waals surface area contributed by atoms with Crippen LogP contribution in [0.25, 0.3) is 0 Å². The zero-order valence-electron chi connectivity index (χ0n) is 12.3. The molecule has 2 atom stereocenters. The van der Waals surface area contributed by atoms with Crippen molar-refractivity contribution < 1.29 is 4.79 Å². The quantitative estimate of drug-likeness (QED) is 0.849. The second kappa shape index (κ2) is 5.43. The summed E-state index contributed by atoms with van der Waals surface area (Å²) in [7, 11) is 0. The van der Waals surface area contributed by atoms with Crippen LogP contribution in [0.4, 0.5) is 0 Å². The number of carbonyl (C=O) groups is 1. The summed E-state index contributed by atoms with van der Waals surface area (Å²) >= 11 is 0. The molecule has 1 N–H and O–H groups in total. The molecule has 0 aromatic heterocycles. The Labute approximate surface area is 117 Å². The number of likely N-dealkylation sites (tertiary alicyclic amines) is 1. The Bertz CT molecular complexity index is 330. The van der Waals surface area contributed by atoms with Gasteiger partial charge in [-0.1, -0.05) is 19.8 Å².